The average Bonchev–Trinajstić information content (AvgIpc) is 2.83. The average molecular weight is 313 g/mol. The minimum atomic E-state index is -4.56. The quantitative estimate of drug-likeness (QED) is 0.926. The summed E-state index contributed by atoms with van der Waals surface area (Å²) in [6.07, 6.45) is -1.41. The first-order valence-corrected chi connectivity index (χ1v) is 7.23. The number of rotatable bonds is 2. The van der Waals surface area contributed by atoms with Crippen molar-refractivity contribution in [2.45, 2.75) is 38.1 Å². The topological polar surface area (TPSA) is 40.8 Å². The van der Waals surface area contributed by atoms with Crippen LogP contribution in [0.4, 0.5) is 13.2 Å². The Kier molecular flexibility index (Phi) is 3.65. The molecule has 0 spiro atoms. The number of aliphatic hydroxyl groups is 1. The van der Waals surface area contributed by atoms with Crippen LogP contribution in [-0.2, 0) is 6.54 Å². The maximum atomic E-state index is 12.8. The maximum Gasteiger partial charge on any atom is 0.417 e. The van der Waals surface area contributed by atoms with Crippen LogP contribution in [0.3, 0.4) is 0 Å². The maximum absolute atomic E-state index is 12.8. The highest BCUT2D eigenvalue weighted by Crippen LogP contribution is 2.38. The fourth-order valence-electron chi connectivity index (χ4n) is 2.85. The summed E-state index contributed by atoms with van der Waals surface area (Å²) in [7, 11) is 0. The summed E-state index contributed by atoms with van der Waals surface area (Å²) in [5.41, 5.74) is 0.317. The van der Waals surface area contributed by atoms with E-state index in [2.05, 4.69) is 4.98 Å². The second-order valence-corrected chi connectivity index (χ2v) is 5.99. The van der Waals surface area contributed by atoms with Gasteiger partial charge in [0.05, 0.1) is 11.9 Å². The lowest BCUT2D eigenvalue weighted by molar-refractivity contribution is -0.272. The molecule has 0 atom stereocenters. The van der Waals surface area contributed by atoms with Crippen LogP contribution in [0.1, 0.15) is 24.1 Å². The van der Waals surface area contributed by atoms with E-state index in [1.807, 2.05) is 34.6 Å². The van der Waals surface area contributed by atoms with Crippen molar-refractivity contribution in [3.8, 4) is 0 Å². The van der Waals surface area contributed by atoms with Gasteiger partial charge in [0.2, 0.25) is 0 Å². The van der Waals surface area contributed by atoms with Crippen molar-refractivity contribution >= 4 is 5.65 Å². The van der Waals surface area contributed by atoms with Crippen molar-refractivity contribution < 1.29 is 18.3 Å². The Hall–Kier alpha value is -1.60. The molecule has 1 aliphatic rings. The lowest BCUT2D eigenvalue weighted by Gasteiger charge is -2.39. The van der Waals surface area contributed by atoms with Crippen molar-refractivity contribution in [1.29, 1.82) is 0 Å². The Morgan fingerprint density at radius 2 is 1.95 bits per heavy atom. The fourth-order valence-corrected chi connectivity index (χ4v) is 2.85. The summed E-state index contributed by atoms with van der Waals surface area (Å²) in [4.78, 5) is 6.22. The first kappa shape index (κ1) is 15.3. The van der Waals surface area contributed by atoms with E-state index >= 15 is 0 Å². The van der Waals surface area contributed by atoms with E-state index < -0.39 is 11.8 Å². The summed E-state index contributed by atoms with van der Waals surface area (Å²) < 4.78 is 40.4. The first-order valence-electron chi connectivity index (χ1n) is 7.23. The third-order valence-electron chi connectivity index (χ3n) is 4.33. The molecular weight excluding hydrogens is 295 g/mol. The lowest BCUT2D eigenvalue weighted by Crippen LogP contribution is -2.53. The predicted molar refractivity (Wildman–Crippen MR) is 75.4 cm³/mol. The van der Waals surface area contributed by atoms with Crippen LogP contribution in [0.5, 0.6) is 0 Å². The fraction of sp³-hybridized carbons (Fsp3) is 0.533. The van der Waals surface area contributed by atoms with Crippen LogP contribution < -0.4 is 0 Å². The molecule has 1 aliphatic heterocycles. The Balaban J connectivity index is 1.71. The lowest BCUT2D eigenvalue weighted by atomic mass is 9.91. The highest BCUT2D eigenvalue weighted by atomic mass is 19.4. The molecule has 0 aliphatic carbocycles. The van der Waals surface area contributed by atoms with Gasteiger partial charge in [-0.05, 0) is 31.4 Å². The monoisotopic (exact) mass is 313 g/mol. The van der Waals surface area contributed by atoms with E-state index in [1.165, 1.54) is 0 Å². The second-order valence-electron chi connectivity index (χ2n) is 5.99. The molecule has 2 aromatic heterocycles. The van der Waals surface area contributed by atoms with E-state index in [4.69, 9.17) is 0 Å². The van der Waals surface area contributed by atoms with Crippen LogP contribution in [0, 0.1) is 6.92 Å². The van der Waals surface area contributed by atoms with Crippen molar-refractivity contribution in [3.05, 3.63) is 35.8 Å². The number of aryl methyl sites for hydroxylation is 1. The molecule has 3 heterocycles. The molecule has 0 radical (unpaired) electrons. The number of hydrogen-bond acceptors (Lipinski definition) is 3. The highest BCUT2D eigenvalue weighted by Gasteiger charge is 2.54. The van der Waals surface area contributed by atoms with Gasteiger partial charge in [-0.3, -0.25) is 4.90 Å². The second kappa shape index (κ2) is 5.24. The van der Waals surface area contributed by atoms with Crippen LogP contribution in [0.15, 0.2) is 24.5 Å². The van der Waals surface area contributed by atoms with E-state index in [-0.39, 0.29) is 25.9 Å². The van der Waals surface area contributed by atoms with Gasteiger partial charge in [-0.1, -0.05) is 6.07 Å². The summed E-state index contributed by atoms with van der Waals surface area (Å²) in [5, 5.41) is 9.69. The van der Waals surface area contributed by atoms with Gasteiger partial charge in [0, 0.05) is 25.8 Å². The smallest absolute Gasteiger partial charge is 0.380 e. The zero-order valence-electron chi connectivity index (χ0n) is 12.3. The number of nitrogens with zero attached hydrogens (tertiary/aromatic N) is 3. The van der Waals surface area contributed by atoms with Crippen LogP contribution in [-0.4, -0.2) is 44.3 Å². The van der Waals surface area contributed by atoms with Crippen LogP contribution in [0.25, 0.3) is 5.65 Å². The van der Waals surface area contributed by atoms with Crippen LogP contribution >= 0.6 is 0 Å². The van der Waals surface area contributed by atoms with Gasteiger partial charge in [0.1, 0.15) is 5.65 Å². The summed E-state index contributed by atoms with van der Waals surface area (Å²) in [6.45, 7) is 2.94. The molecule has 0 amide bonds. The Morgan fingerprint density at radius 3 is 2.59 bits per heavy atom. The molecule has 2 aromatic rings. The molecule has 120 valence electrons. The summed E-state index contributed by atoms with van der Waals surface area (Å²) in [6, 6.07) is 3.88. The molecule has 0 aromatic carbocycles. The molecular formula is C15H18F3N3O. The standard InChI is InChI=1S/C15H18F3N3O/c1-11-2-3-13-19-8-12(21(13)9-11)10-20-6-4-14(22,5-7-20)15(16,17)18/h2-3,8-9,22H,4-7,10H2,1H3. The van der Waals surface area contributed by atoms with E-state index in [0.717, 1.165) is 16.9 Å². The van der Waals surface area contributed by atoms with Gasteiger partial charge in [-0.2, -0.15) is 13.2 Å². The number of piperidine rings is 1. The molecule has 7 heteroatoms. The Bertz CT molecular complexity index is 672. The van der Waals surface area contributed by atoms with Gasteiger partial charge in [-0.25, -0.2) is 4.98 Å². The Morgan fingerprint density at radius 1 is 1.27 bits per heavy atom. The molecule has 0 unspecified atom stereocenters. The number of aromatic nitrogens is 2. The molecule has 1 fully saturated rings. The molecule has 4 nitrogen and oxygen atoms in total. The molecule has 1 saturated heterocycles. The number of imidazole rings is 1. The van der Waals surface area contributed by atoms with E-state index in [0.29, 0.717) is 6.54 Å². The molecule has 22 heavy (non-hydrogen) atoms. The van der Waals surface area contributed by atoms with Gasteiger partial charge in [0.15, 0.2) is 5.60 Å². The third-order valence-corrected chi connectivity index (χ3v) is 4.33. The Labute approximate surface area is 126 Å². The van der Waals surface area contributed by atoms with Gasteiger partial charge < -0.3 is 9.51 Å². The first-order chi connectivity index (χ1) is 10.3. The number of pyridine rings is 1. The SMILES string of the molecule is Cc1ccc2ncc(CN3CCC(O)(C(F)(F)F)CC3)n2c1. The number of halogens is 3. The minimum Gasteiger partial charge on any atom is -0.380 e. The summed E-state index contributed by atoms with van der Waals surface area (Å²) >= 11 is 0. The third kappa shape index (κ3) is 2.70. The van der Waals surface area contributed by atoms with Gasteiger partial charge in [-0.15, -0.1) is 0 Å². The molecule has 0 saturated carbocycles. The van der Waals surface area contributed by atoms with E-state index in [9.17, 15) is 18.3 Å². The van der Waals surface area contributed by atoms with Crippen molar-refractivity contribution in [2.24, 2.45) is 0 Å². The van der Waals surface area contributed by atoms with Gasteiger partial charge in [0.25, 0.3) is 0 Å². The molecule has 3 rings (SSSR count). The normalized spacial score (nSPS) is 19.7. The molecule has 0 bridgehead atoms. The largest absolute Gasteiger partial charge is 0.417 e. The zero-order valence-corrected chi connectivity index (χ0v) is 12.3. The minimum absolute atomic E-state index is 0.217. The van der Waals surface area contributed by atoms with E-state index in [1.54, 1.807) is 6.20 Å². The summed E-state index contributed by atoms with van der Waals surface area (Å²) in [5.74, 6) is 0. The van der Waals surface area contributed by atoms with Crippen LogP contribution in [0.2, 0.25) is 0 Å². The molecule has 1 N–H and O–H groups in total. The van der Waals surface area contributed by atoms with Crippen molar-refractivity contribution in [2.75, 3.05) is 13.1 Å². The highest BCUT2D eigenvalue weighted by molar-refractivity contribution is 5.41. The number of alkyl halides is 3. The number of fused-ring (bicyclic) bond motifs is 1. The van der Waals surface area contributed by atoms with Crippen molar-refractivity contribution in [1.82, 2.24) is 14.3 Å². The van der Waals surface area contributed by atoms with Crippen molar-refractivity contribution in [3.63, 3.8) is 0 Å². The predicted octanol–water partition coefficient (Wildman–Crippen LogP) is 2.53. The number of hydrogen-bond donors (Lipinski definition) is 1. The number of likely N-dealkylation sites (tertiary alicyclic amines) is 1. The van der Waals surface area contributed by atoms with Gasteiger partial charge >= 0.3 is 6.18 Å². The zero-order chi connectivity index (χ0) is 16.0.